The Morgan fingerprint density at radius 1 is 1.50 bits per heavy atom. The van der Waals surface area contributed by atoms with Crippen molar-refractivity contribution in [1.29, 1.82) is 0 Å². The SMILES string of the molecule is FC(F)(F)COCC(Br)c1cc(Cl)c(Br)s1. The van der Waals surface area contributed by atoms with Crippen LogP contribution in [0.3, 0.4) is 0 Å². The molecule has 8 heteroatoms. The van der Waals surface area contributed by atoms with Gasteiger partial charge in [-0.2, -0.15) is 13.2 Å². The maximum Gasteiger partial charge on any atom is 0.411 e. The number of hydrogen-bond donors (Lipinski definition) is 0. The van der Waals surface area contributed by atoms with Gasteiger partial charge in [0, 0.05) is 4.88 Å². The van der Waals surface area contributed by atoms with E-state index >= 15 is 0 Å². The Kier molecular flexibility index (Phi) is 5.57. The summed E-state index contributed by atoms with van der Waals surface area (Å²) >= 11 is 13.6. The Hall–Kier alpha value is 0.700. The number of ether oxygens (including phenoxy) is 1. The van der Waals surface area contributed by atoms with Gasteiger partial charge < -0.3 is 4.74 Å². The molecule has 1 atom stereocenters. The third-order valence-corrected chi connectivity index (χ3v) is 5.15. The van der Waals surface area contributed by atoms with Gasteiger partial charge in [0.15, 0.2) is 0 Å². The largest absolute Gasteiger partial charge is 0.411 e. The molecule has 16 heavy (non-hydrogen) atoms. The fourth-order valence-corrected chi connectivity index (χ4v) is 3.19. The molecule has 0 aliphatic rings. The lowest BCUT2D eigenvalue weighted by atomic mass is 10.3. The smallest absolute Gasteiger partial charge is 0.370 e. The van der Waals surface area contributed by atoms with Crippen LogP contribution in [0.15, 0.2) is 9.85 Å². The summed E-state index contributed by atoms with van der Waals surface area (Å²) in [5.41, 5.74) is 0. The molecule has 0 fully saturated rings. The highest BCUT2D eigenvalue weighted by molar-refractivity contribution is 9.11. The second-order valence-electron chi connectivity index (χ2n) is 2.87. The molecule has 0 spiro atoms. The average Bonchev–Trinajstić information content (AvgIpc) is 2.45. The van der Waals surface area contributed by atoms with Gasteiger partial charge in [-0.3, -0.25) is 0 Å². The first-order valence-corrected chi connectivity index (χ1v) is 6.93. The van der Waals surface area contributed by atoms with E-state index in [1.54, 1.807) is 6.07 Å². The summed E-state index contributed by atoms with van der Waals surface area (Å²) in [5, 5.41) is 0.542. The molecule has 1 unspecified atom stereocenters. The van der Waals surface area contributed by atoms with Crippen molar-refractivity contribution in [3.8, 4) is 0 Å². The summed E-state index contributed by atoms with van der Waals surface area (Å²) in [6, 6.07) is 1.69. The van der Waals surface area contributed by atoms with Crippen molar-refractivity contribution in [2.24, 2.45) is 0 Å². The van der Waals surface area contributed by atoms with Crippen LogP contribution < -0.4 is 0 Å². The van der Waals surface area contributed by atoms with E-state index in [9.17, 15) is 13.2 Å². The van der Waals surface area contributed by atoms with Gasteiger partial charge in [-0.15, -0.1) is 11.3 Å². The van der Waals surface area contributed by atoms with E-state index < -0.39 is 12.8 Å². The lowest BCUT2D eigenvalue weighted by Gasteiger charge is -2.10. The van der Waals surface area contributed by atoms with Crippen LogP contribution in [0.25, 0.3) is 0 Å². The summed E-state index contributed by atoms with van der Waals surface area (Å²) in [6.45, 7) is -1.29. The Labute approximate surface area is 116 Å². The molecule has 0 aromatic carbocycles. The minimum atomic E-state index is -4.29. The van der Waals surface area contributed by atoms with Crippen LogP contribution in [0.5, 0.6) is 0 Å². The molecule has 1 rings (SSSR count). The summed E-state index contributed by atoms with van der Waals surface area (Å²) in [6.07, 6.45) is -4.29. The monoisotopic (exact) mass is 400 g/mol. The zero-order valence-electron chi connectivity index (χ0n) is 7.65. The van der Waals surface area contributed by atoms with Crippen molar-refractivity contribution >= 4 is 54.8 Å². The van der Waals surface area contributed by atoms with Gasteiger partial charge in [-0.05, 0) is 22.0 Å². The van der Waals surface area contributed by atoms with Crippen molar-refractivity contribution in [3.05, 3.63) is 19.8 Å². The fourth-order valence-electron chi connectivity index (χ4n) is 0.878. The van der Waals surface area contributed by atoms with E-state index in [2.05, 4.69) is 36.6 Å². The van der Waals surface area contributed by atoms with Gasteiger partial charge in [0.05, 0.1) is 20.2 Å². The molecule has 1 aromatic heterocycles. The van der Waals surface area contributed by atoms with Crippen molar-refractivity contribution in [2.75, 3.05) is 13.2 Å². The predicted octanol–water partition coefficient (Wildman–Crippen LogP) is 5.18. The molecule has 0 saturated heterocycles. The van der Waals surface area contributed by atoms with Gasteiger partial charge in [0.2, 0.25) is 0 Å². The number of halogens is 6. The van der Waals surface area contributed by atoms with Crippen molar-refractivity contribution in [1.82, 2.24) is 0 Å². The quantitative estimate of drug-likeness (QED) is 0.631. The van der Waals surface area contributed by atoms with Crippen LogP contribution in [0.1, 0.15) is 9.70 Å². The summed E-state index contributed by atoms with van der Waals surface area (Å²) in [7, 11) is 0. The zero-order chi connectivity index (χ0) is 12.3. The molecular formula is C8H6Br2ClF3OS. The van der Waals surface area contributed by atoms with Gasteiger partial charge >= 0.3 is 6.18 Å². The second-order valence-corrected chi connectivity index (χ2v) is 6.78. The molecule has 0 bridgehead atoms. The van der Waals surface area contributed by atoms with Gasteiger partial charge in [-0.25, -0.2) is 0 Å². The van der Waals surface area contributed by atoms with Crippen LogP contribution in [0.2, 0.25) is 5.02 Å². The molecule has 0 N–H and O–H groups in total. The van der Waals surface area contributed by atoms with E-state index in [4.69, 9.17) is 11.6 Å². The highest BCUT2D eigenvalue weighted by atomic mass is 79.9. The fraction of sp³-hybridized carbons (Fsp3) is 0.500. The summed E-state index contributed by atoms with van der Waals surface area (Å²) in [4.78, 5) is 0.530. The lowest BCUT2D eigenvalue weighted by molar-refractivity contribution is -0.173. The minimum absolute atomic E-state index is 0.0528. The summed E-state index contributed by atoms with van der Waals surface area (Å²) < 4.78 is 40.7. The Balaban J connectivity index is 2.44. The molecular weight excluding hydrogens is 396 g/mol. The highest BCUT2D eigenvalue weighted by Gasteiger charge is 2.28. The van der Waals surface area contributed by atoms with Gasteiger partial charge in [0.25, 0.3) is 0 Å². The predicted molar refractivity (Wildman–Crippen MR) is 65.6 cm³/mol. The summed E-state index contributed by atoms with van der Waals surface area (Å²) in [5.74, 6) is 0. The van der Waals surface area contributed by atoms with Crippen LogP contribution in [0.4, 0.5) is 13.2 Å². The lowest BCUT2D eigenvalue weighted by Crippen LogP contribution is -2.18. The van der Waals surface area contributed by atoms with Gasteiger partial charge in [0.1, 0.15) is 6.61 Å². The molecule has 0 saturated carbocycles. The normalized spacial score (nSPS) is 14.1. The average molecular weight is 402 g/mol. The molecule has 0 aliphatic heterocycles. The van der Waals surface area contributed by atoms with Crippen molar-refractivity contribution in [2.45, 2.75) is 11.0 Å². The maximum absolute atomic E-state index is 11.8. The molecule has 0 aliphatic carbocycles. The van der Waals surface area contributed by atoms with E-state index in [-0.39, 0.29) is 11.4 Å². The van der Waals surface area contributed by atoms with Gasteiger partial charge in [-0.1, -0.05) is 27.5 Å². The maximum atomic E-state index is 11.8. The Morgan fingerprint density at radius 2 is 2.12 bits per heavy atom. The number of hydrogen-bond acceptors (Lipinski definition) is 2. The standard InChI is InChI=1S/C8H6Br2ClF3OS/c9-4(2-15-3-8(12,13)14)6-1-5(11)7(10)16-6/h1,4H,2-3H2. The first kappa shape index (κ1) is 14.8. The number of rotatable bonds is 4. The van der Waals surface area contributed by atoms with E-state index in [0.29, 0.717) is 5.02 Å². The van der Waals surface area contributed by atoms with Crippen LogP contribution in [-0.2, 0) is 4.74 Å². The van der Waals surface area contributed by atoms with Crippen molar-refractivity contribution < 1.29 is 17.9 Å². The molecule has 1 heterocycles. The highest BCUT2D eigenvalue weighted by Crippen LogP contribution is 2.38. The Bertz CT molecular complexity index is 336. The molecule has 1 nitrogen and oxygen atoms in total. The number of thiophene rings is 1. The van der Waals surface area contributed by atoms with Crippen LogP contribution in [0, 0.1) is 0 Å². The minimum Gasteiger partial charge on any atom is -0.370 e. The third kappa shape index (κ3) is 4.91. The van der Waals surface area contributed by atoms with Crippen LogP contribution >= 0.6 is 54.8 Å². The molecule has 0 radical (unpaired) electrons. The van der Waals surface area contributed by atoms with E-state index in [1.165, 1.54) is 11.3 Å². The van der Waals surface area contributed by atoms with Crippen LogP contribution in [-0.4, -0.2) is 19.4 Å². The Morgan fingerprint density at radius 3 is 2.56 bits per heavy atom. The second kappa shape index (κ2) is 6.04. The van der Waals surface area contributed by atoms with E-state index in [1.807, 2.05) is 0 Å². The molecule has 92 valence electrons. The molecule has 0 amide bonds. The topological polar surface area (TPSA) is 9.23 Å². The zero-order valence-corrected chi connectivity index (χ0v) is 12.4. The molecule has 1 aromatic rings. The third-order valence-electron chi connectivity index (χ3n) is 1.50. The first-order valence-electron chi connectivity index (χ1n) is 4.03. The van der Waals surface area contributed by atoms with E-state index in [0.717, 1.165) is 8.66 Å². The first-order chi connectivity index (χ1) is 7.29. The van der Waals surface area contributed by atoms with Crippen molar-refractivity contribution in [3.63, 3.8) is 0 Å². The number of alkyl halides is 4.